The van der Waals surface area contributed by atoms with Crippen molar-refractivity contribution in [2.75, 3.05) is 0 Å². The van der Waals surface area contributed by atoms with E-state index in [1.54, 1.807) is 17.4 Å². The van der Waals surface area contributed by atoms with E-state index < -0.39 is 0 Å². The van der Waals surface area contributed by atoms with Crippen molar-refractivity contribution in [3.63, 3.8) is 0 Å². The Labute approximate surface area is 109 Å². The molecule has 4 nitrogen and oxygen atoms in total. The second-order valence-electron chi connectivity index (χ2n) is 3.53. The number of fused-ring (bicyclic) bond motifs is 1. The lowest BCUT2D eigenvalue weighted by Gasteiger charge is -1.94. The predicted molar refractivity (Wildman–Crippen MR) is 67.5 cm³/mol. The van der Waals surface area contributed by atoms with Crippen LogP contribution in [0.4, 0.5) is 0 Å². The molecule has 0 saturated heterocycles. The van der Waals surface area contributed by atoms with Gasteiger partial charge in [-0.2, -0.15) is 0 Å². The van der Waals surface area contributed by atoms with Gasteiger partial charge in [-0.25, -0.2) is 4.98 Å². The molecule has 0 aliphatic heterocycles. The number of carbonyl (C=O) groups excluding carboxylic acids is 1. The molecule has 0 aliphatic rings. The summed E-state index contributed by atoms with van der Waals surface area (Å²) in [6.45, 7) is 0. The molecule has 0 saturated carbocycles. The van der Waals surface area contributed by atoms with E-state index in [2.05, 4.69) is 20.9 Å². The fourth-order valence-electron chi connectivity index (χ4n) is 1.61. The summed E-state index contributed by atoms with van der Waals surface area (Å²) >= 11 is 4.74. The lowest BCUT2D eigenvalue weighted by molar-refractivity contribution is 0.0990. The summed E-state index contributed by atoms with van der Waals surface area (Å²) < 4.78 is 7.43. The number of nitrogens with zero attached hydrogens (tertiary/aromatic N) is 2. The molecule has 0 atom stereocenters. The highest BCUT2D eigenvalue weighted by atomic mass is 79.9. The summed E-state index contributed by atoms with van der Waals surface area (Å²) in [5.41, 5.74) is 1.33. The van der Waals surface area contributed by atoms with Crippen LogP contribution in [0.3, 0.4) is 0 Å². The number of imidazole rings is 1. The lowest BCUT2D eigenvalue weighted by Crippen LogP contribution is -2.03. The Hall–Kier alpha value is -1.40. The molecule has 0 unspecified atom stereocenters. The van der Waals surface area contributed by atoms with Crippen LogP contribution in [0.25, 0.3) is 4.96 Å². The van der Waals surface area contributed by atoms with Crippen LogP contribution in [-0.2, 0) is 6.42 Å². The third kappa shape index (κ3) is 1.94. The van der Waals surface area contributed by atoms with E-state index in [4.69, 9.17) is 4.42 Å². The van der Waals surface area contributed by atoms with Gasteiger partial charge in [-0.1, -0.05) is 0 Å². The van der Waals surface area contributed by atoms with E-state index in [0.29, 0.717) is 10.2 Å². The summed E-state index contributed by atoms with van der Waals surface area (Å²) in [5.74, 6) is -0.00335. The molecule has 86 valence electrons. The van der Waals surface area contributed by atoms with Crippen molar-refractivity contribution in [1.82, 2.24) is 9.38 Å². The van der Waals surface area contributed by atoms with Crippen LogP contribution >= 0.6 is 27.3 Å². The third-order valence-electron chi connectivity index (χ3n) is 2.40. The maximum absolute atomic E-state index is 12.0. The quantitative estimate of drug-likeness (QED) is 0.698. The summed E-state index contributed by atoms with van der Waals surface area (Å²) in [6.07, 6.45) is 5.57. The Morgan fingerprint density at radius 2 is 2.47 bits per heavy atom. The van der Waals surface area contributed by atoms with Gasteiger partial charge in [-0.3, -0.25) is 9.20 Å². The zero-order valence-corrected chi connectivity index (χ0v) is 11.0. The highest BCUT2D eigenvalue weighted by molar-refractivity contribution is 9.10. The first-order valence-electron chi connectivity index (χ1n) is 4.91. The van der Waals surface area contributed by atoms with Crippen LogP contribution in [0.15, 0.2) is 39.2 Å². The summed E-state index contributed by atoms with van der Waals surface area (Å²) in [5, 5.41) is 1.96. The second kappa shape index (κ2) is 4.12. The minimum Gasteiger partial charge on any atom is -0.457 e. The van der Waals surface area contributed by atoms with Crippen molar-refractivity contribution in [2.24, 2.45) is 0 Å². The fourth-order valence-corrected chi connectivity index (χ4v) is 2.79. The van der Waals surface area contributed by atoms with E-state index >= 15 is 0 Å². The summed E-state index contributed by atoms with van der Waals surface area (Å²) in [6, 6.07) is 1.66. The maximum atomic E-state index is 12.0. The van der Waals surface area contributed by atoms with Crippen molar-refractivity contribution in [1.29, 1.82) is 0 Å². The van der Waals surface area contributed by atoms with Gasteiger partial charge in [0.25, 0.3) is 0 Å². The standard InChI is InChI=1S/C11H7BrN2O2S/c12-10-8(1-3-16-10)9(15)5-7-6-14-2-4-17-11(14)13-7/h1-4,6H,5H2. The molecule has 0 aliphatic carbocycles. The molecule has 0 spiro atoms. The van der Waals surface area contributed by atoms with Crippen LogP contribution in [0.5, 0.6) is 0 Å². The second-order valence-corrected chi connectivity index (χ2v) is 5.13. The minimum absolute atomic E-state index is 0.00335. The van der Waals surface area contributed by atoms with Gasteiger partial charge in [0.15, 0.2) is 15.4 Å². The van der Waals surface area contributed by atoms with Gasteiger partial charge >= 0.3 is 0 Å². The average Bonchev–Trinajstić information content (AvgIpc) is 2.92. The summed E-state index contributed by atoms with van der Waals surface area (Å²) in [4.78, 5) is 17.2. The van der Waals surface area contributed by atoms with Crippen molar-refractivity contribution >= 4 is 38.0 Å². The van der Waals surface area contributed by atoms with Gasteiger partial charge in [-0.05, 0) is 22.0 Å². The van der Waals surface area contributed by atoms with Crippen molar-refractivity contribution in [3.05, 3.63) is 46.0 Å². The fraction of sp³-hybridized carbons (Fsp3) is 0.0909. The topological polar surface area (TPSA) is 47.5 Å². The molecular formula is C11H7BrN2O2S. The Morgan fingerprint density at radius 3 is 3.18 bits per heavy atom. The first-order chi connectivity index (χ1) is 8.24. The van der Waals surface area contributed by atoms with Gasteiger partial charge < -0.3 is 4.42 Å². The molecule has 0 N–H and O–H groups in total. The zero-order valence-electron chi connectivity index (χ0n) is 8.59. The van der Waals surface area contributed by atoms with Gasteiger partial charge in [0.1, 0.15) is 0 Å². The Bertz CT molecular complexity index is 654. The molecular weight excluding hydrogens is 304 g/mol. The third-order valence-corrected chi connectivity index (χ3v) is 3.79. The lowest BCUT2D eigenvalue weighted by atomic mass is 10.1. The zero-order chi connectivity index (χ0) is 11.8. The van der Waals surface area contributed by atoms with Crippen molar-refractivity contribution < 1.29 is 9.21 Å². The van der Waals surface area contributed by atoms with Gasteiger partial charge in [0.2, 0.25) is 0 Å². The highest BCUT2D eigenvalue weighted by Crippen LogP contribution is 2.20. The van der Waals surface area contributed by atoms with E-state index in [1.165, 1.54) is 6.26 Å². The maximum Gasteiger partial charge on any atom is 0.193 e. The summed E-state index contributed by atoms with van der Waals surface area (Å²) in [7, 11) is 0. The molecule has 3 rings (SSSR count). The van der Waals surface area contributed by atoms with Crippen LogP contribution in [0, 0.1) is 0 Å². The van der Waals surface area contributed by atoms with Crippen LogP contribution in [0.2, 0.25) is 0 Å². The normalized spacial score (nSPS) is 11.1. The molecule has 6 heteroatoms. The Kier molecular flexibility index (Phi) is 2.60. The first kappa shape index (κ1) is 10.7. The monoisotopic (exact) mass is 310 g/mol. The van der Waals surface area contributed by atoms with Gasteiger partial charge in [0.05, 0.1) is 23.9 Å². The molecule has 3 aromatic heterocycles. The number of carbonyl (C=O) groups is 1. The minimum atomic E-state index is -0.00335. The number of hydrogen-bond donors (Lipinski definition) is 0. The molecule has 3 heterocycles. The number of ketones is 1. The molecule has 0 bridgehead atoms. The largest absolute Gasteiger partial charge is 0.457 e. The van der Waals surface area contributed by atoms with E-state index in [0.717, 1.165) is 10.7 Å². The number of rotatable bonds is 3. The first-order valence-corrected chi connectivity index (χ1v) is 6.58. The number of aromatic nitrogens is 2. The molecule has 17 heavy (non-hydrogen) atoms. The SMILES string of the molecule is O=C(Cc1cn2ccsc2n1)c1ccoc1Br. The molecule has 3 aromatic rings. The number of hydrogen-bond acceptors (Lipinski definition) is 4. The number of furan rings is 1. The van der Waals surface area contributed by atoms with Crippen LogP contribution < -0.4 is 0 Å². The van der Waals surface area contributed by atoms with Crippen LogP contribution in [0.1, 0.15) is 16.1 Å². The van der Waals surface area contributed by atoms with Gasteiger partial charge in [-0.15, -0.1) is 11.3 Å². The average molecular weight is 311 g/mol. The number of halogens is 1. The Balaban J connectivity index is 1.86. The van der Waals surface area contributed by atoms with Crippen molar-refractivity contribution in [3.8, 4) is 0 Å². The Morgan fingerprint density at radius 1 is 1.59 bits per heavy atom. The van der Waals surface area contributed by atoms with Gasteiger partial charge in [0, 0.05) is 17.8 Å². The van der Waals surface area contributed by atoms with E-state index in [1.807, 2.05) is 22.2 Å². The van der Waals surface area contributed by atoms with E-state index in [9.17, 15) is 4.79 Å². The van der Waals surface area contributed by atoms with E-state index in [-0.39, 0.29) is 12.2 Å². The molecule has 0 fully saturated rings. The van der Waals surface area contributed by atoms with Crippen LogP contribution in [-0.4, -0.2) is 15.2 Å². The van der Waals surface area contributed by atoms with Crippen molar-refractivity contribution in [2.45, 2.75) is 6.42 Å². The number of Topliss-reactive ketones (excluding diaryl/α,β-unsaturated/α-hetero) is 1. The highest BCUT2D eigenvalue weighted by Gasteiger charge is 2.15. The number of thiazole rings is 1. The predicted octanol–water partition coefficient (Wildman–Crippen LogP) is 3.18. The molecule has 0 amide bonds. The smallest absolute Gasteiger partial charge is 0.193 e. The molecule has 0 aromatic carbocycles. The molecule has 0 radical (unpaired) electrons.